The molecule has 0 spiro atoms. The lowest BCUT2D eigenvalue weighted by atomic mass is 9.90. The van der Waals surface area contributed by atoms with Crippen LogP contribution >= 0.6 is 11.3 Å². The summed E-state index contributed by atoms with van der Waals surface area (Å²) >= 11 is 1.69. The Bertz CT molecular complexity index is 1290. The van der Waals surface area contributed by atoms with Crippen LogP contribution in [0.4, 0.5) is 5.69 Å². The molecule has 0 atom stereocenters. The molecule has 32 heavy (non-hydrogen) atoms. The molecule has 1 aliphatic rings. The van der Waals surface area contributed by atoms with Crippen molar-refractivity contribution in [2.75, 3.05) is 5.32 Å². The maximum atomic E-state index is 9.13. The Balaban J connectivity index is 1.53. The van der Waals surface area contributed by atoms with E-state index in [0.29, 0.717) is 11.5 Å². The second kappa shape index (κ2) is 8.67. The number of pyridine rings is 1. The molecule has 4 aromatic heterocycles. The van der Waals surface area contributed by atoms with E-state index in [1.54, 1.807) is 17.5 Å². The second-order valence-corrected chi connectivity index (χ2v) is 9.61. The van der Waals surface area contributed by atoms with Gasteiger partial charge in [0.25, 0.3) is 0 Å². The van der Waals surface area contributed by atoms with Crippen molar-refractivity contribution in [1.29, 1.82) is 5.26 Å². The number of nitrogens with zero attached hydrogens (tertiary/aromatic N) is 6. The topological polar surface area (TPSA) is 91.8 Å². The van der Waals surface area contributed by atoms with Gasteiger partial charge in [0.2, 0.25) is 0 Å². The fourth-order valence-corrected chi connectivity index (χ4v) is 5.34. The molecule has 0 amide bonds. The molecule has 0 aromatic carbocycles. The average Bonchev–Trinajstić information content (AvgIpc) is 3.46. The normalized spacial score (nSPS) is 14.7. The number of nitrogens with one attached hydrogen (secondary N) is 1. The minimum atomic E-state index is 0.259. The lowest BCUT2D eigenvalue weighted by Crippen LogP contribution is -2.11. The van der Waals surface area contributed by atoms with Gasteiger partial charge in [-0.05, 0) is 51.0 Å². The lowest BCUT2D eigenvalue weighted by molar-refractivity contribution is 0.440. The zero-order valence-electron chi connectivity index (χ0n) is 18.2. The van der Waals surface area contributed by atoms with Crippen molar-refractivity contribution in [3.8, 4) is 28.0 Å². The average molecular weight is 444 g/mol. The molecule has 1 saturated carbocycles. The van der Waals surface area contributed by atoms with E-state index in [9.17, 15) is 0 Å². The Labute approximate surface area is 191 Å². The van der Waals surface area contributed by atoms with E-state index in [2.05, 4.69) is 46.6 Å². The highest BCUT2D eigenvalue weighted by Gasteiger charge is 2.22. The summed E-state index contributed by atoms with van der Waals surface area (Å²) in [6.07, 6.45) is 9.78. The van der Waals surface area contributed by atoms with Gasteiger partial charge < -0.3 is 5.32 Å². The molecule has 0 unspecified atom stereocenters. The number of nitriles is 1. The molecule has 4 aromatic rings. The minimum Gasteiger partial charge on any atom is -0.382 e. The molecule has 0 aliphatic heterocycles. The Hall–Kier alpha value is -3.31. The van der Waals surface area contributed by atoms with Crippen LogP contribution in [-0.2, 0) is 0 Å². The van der Waals surface area contributed by atoms with Gasteiger partial charge in [0.15, 0.2) is 5.01 Å². The fraction of sp³-hybridized carbons (Fsp3) is 0.375. The van der Waals surface area contributed by atoms with Crippen LogP contribution in [-0.4, -0.2) is 30.8 Å². The molecule has 0 bridgehead atoms. The first-order chi connectivity index (χ1) is 15.6. The fourth-order valence-electron chi connectivity index (χ4n) is 4.31. The van der Waals surface area contributed by atoms with Crippen LogP contribution in [0.15, 0.2) is 36.7 Å². The first-order valence-electron chi connectivity index (χ1n) is 11.1. The second-order valence-electron chi connectivity index (χ2n) is 8.61. The summed E-state index contributed by atoms with van der Waals surface area (Å²) in [6.45, 7) is 4.24. The van der Waals surface area contributed by atoms with Gasteiger partial charge in [-0.2, -0.15) is 10.4 Å². The number of rotatable bonds is 5. The predicted molar refractivity (Wildman–Crippen MR) is 127 cm³/mol. The first-order valence-corrected chi connectivity index (χ1v) is 11.9. The van der Waals surface area contributed by atoms with E-state index < -0.39 is 0 Å². The van der Waals surface area contributed by atoms with Crippen LogP contribution in [0.1, 0.15) is 62.4 Å². The summed E-state index contributed by atoms with van der Waals surface area (Å²) in [5.74, 6) is 0.542. The zero-order chi connectivity index (χ0) is 22.1. The van der Waals surface area contributed by atoms with Gasteiger partial charge in [-0.1, -0.05) is 30.6 Å². The van der Waals surface area contributed by atoms with Crippen LogP contribution in [0.2, 0.25) is 0 Å². The number of hydrogen-bond acceptors (Lipinski definition) is 7. The number of aromatic nitrogens is 5. The SMILES string of the molecule is CC(C)Nc1cc(-c2ccc3cc(C#N)cnn23)ncc1-c1nnc(C2CCCCC2)s1. The van der Waals surface area contributed by atoms with Gasteiger partial charge in [-0.15, -0.1) is 10.2 Å². The molecule has 4 heterocycles. The van der Waals surface area contributed by atoms with Crippen LogP contribution in [0.25, 0.3) is 27.5 Å². The molecule has 0 radical (unpaired) electrons. The number of hydrogen-bond donors (Lipinski definition) is 1. The molecule has 1 fully saturated rings. The summed E-state index contributed by atoms with van der Waals surface area (Å²) in [5, 5.41) is 28.2. The van der Waals surface area contributed by atoms with Crippen molar-refractivity contribution in [3.05, 3.63) is 47.2 Å². The van der Waals surface area contributed by atoms with Crippen molar-refractivity contribution < 1.29 is 0 Å². The largest absolute Gasteiger partial charge is 0.382 e. The monoisotopic (exact) mass is 443 g/mol. The van der Waals surface area contributed by atoms with E-state index >= 15 is 0 Å². The van der Waals surface area contributed by atoms with Gasteiger partial charge in [0, 0.05) is 23.8 Å². The number of anilines is 1. The highest BCUT2D eigenvalue weighted by Crippen LogP contribution is 2.38. The number of fused-ring (bicyclic) bond motifs is 1. The van der Waals surface area contributed by atoms with Crippen LogP contribution in [0.5, 0.6) is 0 Å². The molecular formula is C24H25N7S. The molecule has 0 saturated heterocycles. The van der Waals surface area contributed by atoms with Crippen molar-refractivity contribution in [2.24, 2.45) is 0 Å². The Kier molecular flexibility index (Phi) is 5.58. The third-order valence-corrected chi connectivity index (χ3v) is 6.98. The van der Waals surface area contributed by atoms with E-state index in [4.69, 9.17) is 10.2 Å². The van der Waals surface area contributed by atoms with E-state index in [-0.39, 0.29) is 6.04 Å². The van der Waals surface area contributed by atoms with Gasteiger partial charge in [-0.3, -0.25) is 4.98 Å². The van der Waals surface area contributed by atoms with Gasteiger partial charge >= 0.3 is 0 Å². The third kappa shape index (κ3) is 3.96. The van der Waals surface area contributed by atoms with Crippen molar-refractivity contribution in [3.63, 3.8) is 0 Å². The Morgan fingerprint density at radius 3 is 2.75 bits per heavy atom. The van der Waals surface area contributed by atoms with E-state index in [1.807, 2.05) is 28.9 Å². The van der Waals surface area contributed by atoms with Crippen LogP contribution < -0.4 is 5.32 Å². The minimum absolute atomic E-state index is 0.259. The molecule has 1 N–H and O–H groups in total. The molecule has 5 rings (SSSR count). The third-order valence-electron chi connectivity index (χ3n) is 5.87. The summed E-state index contributed by atoms with van der Waals surface area (Å²) in [6, 6.07) is 10.2. The molecule has 7 nitrogen and oxygen atoms in total. The van der Waals surface area contributed by atoms with E-state index in [1.165, 1.54) is 32.1 Å². The highest BCUT2D eigenvalue weighted by molar-refractivity contribution is 7.14. The molecule has 162 valence electrons. The van der Waals surface area contributed by atoms with Crippen LogP contribution in [0.3, 0.4) is 0 Å². The van der Waals surface area contributed by atoms with Crippen LogP contribution in [0, 0.1) is 11.3 Å². The summed E-state index contributed by atoms with van der Waals surface area (Å²) in [7, 11) is 0. The highest BCUT2D eigenvalue weighted by atomic mass is 32.1. The molecule has 8 heteroatoms. The molecular weight excluding hydrogens is 418 g/mol. The van der Waals surface area contributed by atoms with E-state index in [0.717, 1.165) is 38.2 Å². The summed E-state index contributed by atoms with van der Waals surface area (Å²) in [4.78, 5) is 4.75. The van der Waals surface area contributed by atoms with Gasteiger partial charge in [0.05, 0.1) is 34.2 Å². The standard InChI is InChI=1S/C24H25N7S/c1-15(2)28-20-11-21(22-9-8-18-10-16(12-25)13-27-31(18)22)26-14-19(20)24-30-29-23(32-24)17-6-4-3-5-7-17/h8-11,13-15,17H,3-7H2,1-2H3,(H,26,28). The Morgan fingerprint density at radius 2 is 1.97 bits per heavy atom. The van der Waals surface area contributed by atoms with Gasteiger partial charge in [0.1, 0.15) is 11.1 Å². The predicted octanol–water partition coefficient (Wildman–Crippen LogP) is 5.65. The van der Waals surface area contributed by atoms with Crippen molar-refractivity contribution in [2.45, 2.75) is 57.9 Å². The van der Waals surface area contributed by atoms with Gasteiger partial charge in [-0.25, -0.2) is 4.52 Å². The first kappa shape index (κ1) is 20.6. The van der Waals surface area contributed by atoms with Crippen molar-refractivity contribution >= 4 is 22.5 Å². The smallest absolute Gasteiger partial charge is 0.151 e. The quantitative estimate of drug-likeness (QED) is 0.428. The summed E-state index contributed by atoms with van der Waals surface area (Å²) < 4.78 is 1.81. The maximum absolute atomic E-state index is 9.13. The Morgan fingerprint density at radius 1 is 1.12 bits per heavy atom. The molecule has 1 aliphatic carbocycles. The summed E-state index contributed by atoms with van der Waals surface area (Å²) in [5.41, 5.74) is 5.05. The zero-order valence-corrected chi connectivity index (χ0v) is 19.1. The maximum Gasteiger partial charge on any atom is 0.151 e. The lowest BCUT2D eigenvalue weighted by Gasteiger charge is -2.18. The van der Waals surface area contributed by atoms with Crippen molar-refractivity contribution in [1.82, 2.24) is 24.8 Å².